The fraction of sp³-hybridized carbons (Fsp3) is 0.125. The fourth-order valence-corrected chi connectivity index (χ4v) is 3.79. The number of tetrazole rings is 1. The number of rotatable bonds is 6. The van der Waals surface area contributed by atoms with Crippen LogP contribution in [0.4, 0.5) is 11.8 Å². The van der Waals surface area contributed by atoms with Crippen LogP contribution in [0.2, 0.25) is 0 Å². The lowest BCUT2D eigenvalue weighted by Crippen LogP contribution is -2.32. The van der Waals surface area contributed by atoms with Gasteiger partial charge in [0.2, 0.25) is 5.95 Å². The van der Waals surface area contributed by atoms with Crippen molar-refractivity contribution < 1.29 is 9.53 Å². The molecule has 1 aliphatic heterocycles. The summed E-state index contributed by atoms with van der Waals surface area (Å²) in [6, 6.07) is 22.3. The Balaban J connectivity index is 1.53. The largest absolute Gasteiger partial charge is 0.489 e. The van der Waals surface area contributed by atoms with Crippen molar-refractivity contribution in [2.75, 3.05) is 10.6 Å². The van der Waals surface area contributed by atoms with Gasteiger partial charge in [0.25, 0.3) is 5.91 Å². The average Bonchev–Trinajstić information content (AvgIpc) is 3.31. The zero-order valence-corrected chi connectivity index (χ0v) is 17.8. The molecule has 2 aromatic heterocycles. The number of hydrogen-bond donors (Lipinski definition) is 2. The molecule has 164 valence electrons. The van der Waals surface area contributed by atoms with E-state index in [2.05, 4.69) is 31.1 Å². The van der Waals surface area contributed by atoms with Crippen molar-refractivity contribution in [1.82, 2.24) is 25.2 Å². The van der Waals surface area contributed by atoms with Gasteiger partial charge in [0.05, 0.1) is 5.57 Å². The van der Waals surface area contributed by atoms with E-state index in [1.54, 1.807) is 23.0 Å². The van der Waals surface area contributed by atoms with Crippen LogP contribution in [0.1, 0.15) is 24.1 Å². The molecule has 1 unspecified atom stereocenters. The molecule has 0 bridgehead atoms. The minimum absolute atomic E-state index is 0.303. The second-order valence-corrected chi connectivity index (χ2v) is 7.49. The van der Waals surface area contributed by atoms with Gasteiger partial charge in [-0.3, -0.25) is 4.79 Å². The highest BCUT2D eigenvalue weighted by molar-refractivity contribution is 6.05. The van der Waals surface area contributed by atoms with E-state index < -0.39 is 6.04 Å². The predicted octanol–water partition coefficient (Wildman–Crippen LogP) is 3.57. The standard InChI is InChI=1S/C24H21N7O2/c1-16-21(23(32)27-20-13-7-8-14-25-20)22(31-24(26-16)28-29-30-31)18-11-5-6-12-19(18)33-15-17-9-3-2-4-10-17/h2-14,22H,15H2,1H3,(H,25,27,32)(H,26,28,30). The number of anilines is 2. The van der Waals surface area contributed by atoms with Crippen LogP contribution in [0.5, 0.6) is 5.75 Å². The molecule has 9 heteroatoms. The first kappa shape index (κ1) is 20.4. The second-order valence-electron chi connectivity index (χ2n) is 7.49. The number of amides is 1. The number of pyridine rings is 1. The van der Waals surface area contributed by atoms with Crippen molar-refractivity contribution in [2.45, 2.75) is 19.6 Å². The van der Waals surface area contributed by atoms with Gasteiger partial charge in [-0.25, -0.2) is 4.98 Å². The van der Waals surface area contributed by atoms with Crippen LogP contribution in [-0.2, 0) is 11.4 Å². The Morgan fingerprint density at radius 2 is 1.85 bits per heavy atom. The summed E-state index contributed by atoms with van der Waals surface area (Å²) >= 11 is 0. The number of aromatic nitrogens is 5. The van der Waals surface area contributed by atoms with Crippen LogP contribution < -0.4 is 15.4 Å². The summed E-state index contributed by atoms with van der Waals surface area (Å²) in [7, 11) is 0. The third-order valence-corrected chi connectivity index (χ3v) is 5.32. The normalized spacial score (nSPS) is 14.9. The van der Waals surface area contributed by atoms with E-state index in [4.69, 9.17) is 4.74 Å². The molecule has 5 rings (SSSR count). The van der Waals surface area contributed by atoms with Crippen molar-refractivity contribution in [2.24, 2.45) is 0 Å². The molecule has 3 heterocycles. The molecule has 2 N–H and O–H groups in total. The van der Waals surface area contributed by atoms with Gasteiger partial charge in [-0.1, -0.05) is 59.7 Å². The maximum Gasteiger partial charge on any atom is 0.257 e. The highest BCUT2D eigenvalue weighted by Crippen LogP contribution is 2.39. The summed E-state index contributed by atoms with van der Waals surface area (Å²) in [4.78, 5) is 17.6. The molecular formula is C24H21N7O2. The van der Waals surface area contributed by atoms with Crippen LogP contribution >= 0.6 is 0 Å². The highest BCUT2D eigenvalue weighted by atomic mass is 16.5. The Bertz CT molecular complexity index is 1300. The van der Waals surface area contributed by atoms with E-state index in [9.17, 15) is 4.79 Å². The number of hydrogen-bond acceptors (Lipinski definition) is 7. The van der Waals surface area contributed by atoms with E-state index >= 15 is 0 Å². The van der Waals surface area contributed by atoms with Crippen molar-refractivity contribution in [3.63, 3.8) is 0 Å². The molecule has 0 spiro atoms. The summed E-state index contributed by atoms with van der Waals surface area (Å²) in [6.45, 7) is 2.22. The second kappa shape index (κ2) is 8.91. The van der Waals surface area contributed by atoms with E-state index in [0.29, 0.717) is 35.4 Å². The molecule has 9 nitrogen and oxygen atoms in total. The summed E-state index contributed by atoms with van der Waals surface area (Å²) in [5, 5.41) is 18.0. The van der Waals surface area contributed by atoms with Gasteiger partial charge in [-0.05, 0) is 41.1 Å². The number of carbonyl (C=O) groups is 1. The monoisotopic (exact) mass is 439 g/mol. The maximum absolute atomic E-state index is 13.4. The molecule has 1 amide bonds. The summed E-state index contributed by atoms with van der Waals surface area (Å²) in [6.07, 6.45) is 1.62. The van der Waals surface area contributed by atoms with E-state index in [1.807, 2.05) is 67.6 Å². The lowest BCUT2D eigenvalue weighted by atomic mass is 9.94. The SMILES string of the molecule is CC1=C(C(=O)Nc2ccccn2)C(c2ccccc2OCc2ccccc2)n2nnnc2N1. The number of nitrogens with zero attached hydrogens (tertiary/aromatic N) is 5. The van der Waals surface area contributed by atoms with E-state index in [1.165, 1.54) is 0 Å². The van der Waals surface area contributed by atoms with Gasteiger partial charge in [0, 0.05) is 17.5 Å². The lowest BCUT2D eigenvalue weighted by Gasteiger charge is -2.29. The molecule has 0 fully saturated rings. The molecule has 0 radical (unpaired) electrons. The van der Waals surface area contributed by atoms with E-state index in [0.717, 1.165) is 11.1 Å². The Hall–Kier alpha value is -4.53. The first-order valence-corrected chi connectivity index (χ1v) is 10.4. The Labute approximate surface area is 190 Å². The Morgan fingerprint density at radius 3 is 2.67 bits per heavy atom. The molecule has 2 aromatic carbocycles. The minimum Gasteiger partial charge on any atom is -0.489 e. The Kier molecular flexibility index (Phi) is 5.50. The van der Waals surface area contributed by atoms with Crippen LogP contribution in [0, 0.1) is 0 Å². The van der Waals surface area contributed by atoms with Gasteiger partial charge < -0.3 is 15.4 Å². The van der Waals surface area contributed by atoms with E-state index in [-0.39, 0.29) is 5.91 Å². The van der Waals surface area contributed by atoms with Gasteiger partial charge in [0.15, 0.2) is 0 Å². The lowest BCUT2D eigenvalue weighted by molar-refractivity contribution is -0.113. The fourth-order valence-electron chi connectivity index (χ4n) is 3.79. The van der Waals surface area contributed by atoms with Crippen molar-refractivity contribution in [3.8, 4) is 5.75 Å². The number of benzene rings is 2. The molecule has 0 aliphatic carbocycles. The van der Waals surface area contributed by atoms with Crippen LogP contribution in [0.15, 0.2) is 90.3 Å². The molecular weight excluding hydrogens is 418 g/mol. The number of para-hydroxylation sites is 1. The van der Waals surface area contributed by atoms with Crippen molar-refractivity contribution >= 4 is 17.7 Å². The summed E-state index contributed by atoms with van der Waals surface area (Å²) in [5.41, 5.74) is 2.93. The molecule has 1 aliphatic rings. The van der Waals surface area contributed by atoms with Crippen LogP contribution in [0.3, 0.4) is 0 Å². The summed E-state index contributed by atoms with van der Waals surface area (Å²) in [5.74, 6) is 1.25. The van der Waals surface area contributed by atoms with Crippen molar-refractivity contribution in [3.05, 3.63) is 101 Å². The van der Waals surface area contributed by atoms with Gasteiger partial charge >= 0.3 is 0 Å². The zero-order chi connectivity index (χ0) is 22.6. The number of fused-ring (bicyclic) bond motifs is 1. The zero-order valence-electron chi connectivity index (χ0n) is 17.8. The topological polar surface area (TPSA) is 107 Å². The van der Waals surface area contributed by atoms with Gasteiger partial charge in [0.1, 0.15) is 24.2 Å². The van der Waals surface area contributed by atoms with Gasteiger partial charge in [-0.2, -0.15) is 4.68 Å². The first-order valence-electron chi connectivity index (χ1n) is 10.4. The van der Waals surface area contributed by atoms with Crippen LogP contribution in [0.25, 0.3) is 0 Å². The molecule has 1 atom stereocenters. The minimum atomic E-state index is -0.591. The van der Waals surface area contributed by atoms with Crippen molar-refractivity contribution in [1.29, 1.82) is 0 Å². The number of allylic oxidation sites excluding steroid dienone is 1. The number of carbonyl (C=O) groups excluding carboxylic acids is 1. The highest BCUT2D eigenvalue weighted by Gasteiger charge is 2.35. The van der Waals surface area contributed by atoms with Gasteiger partial charge in [-0.15, -0.1) is 0 Å². The quantitative estimate of drug-likeness (QED) is 0.473. The molecule has 0 saturated carbocycles. The third kappa shape index (κ3) is 4.16. The predicted molar refractivity (Wildman–Crippen MR) is 122 cm³/mol. The first-order chi connectivity index (χ1) is 16.2. The smallest absolute Gasteiger partial charge is 0.257 e. The maximum atomic E-state index is 13.4. The number of ether oxygens (including phenoxy) is 1. The average molecular weight is 439 g/mol. The third-order valence-electron chi connectivity index (χ3n) is 5.32. The Morgan fingerprint density at radius 1 is 1.06 bits per heavy atom. The van der Waals surface area contributed by atoms with Crippen LogP contribution in [-0.4, -0.2) is 31.1 Å². The molecule has 33 heavy (non-hydrogen) atoms. The molecule has 4 aromatic rings. The molecule has 0 saturated heterocycles. The summed E-state index contributed by atoms with van der Waals surface area (Å²) < 4.78 is 7.77. The number of nitrogens with one attached hydrogen (secondary N) is 2.